The molecule has 47 heavy (non-hydrogen) atoms. The van der Waals surface area contributed by atoms with Crippen molar-refractivity contribution in [3.05, 3.63) is 82.9 Å². The molecule has 0 fully saturated rings. The van der Waals surface area contributed by atoms with E-state index >= 15 is 0 Å². The molecule has 8 nitrogen and oxygen atoms in total. The number of benzene rings is 1. The van der Waals surface area contributed by atoms with Crippen molar-refractivity contribution in [3.8, 4) is 22.6 Å². The number of hydrogen-bond donors (Lipinski definition) is 2. The fourth-order valence-corrected chi connectivity index (χ4v) is 7.44. The summed E-state index contributed by atoms with van der Waals surface area (Å²) in [5.41, 5.74) is 10.7. The molecule has 3 aromatic heterocycles. The molecule has 1 aromatic carbocycles. The largest absolute Gasteiger partial charge is 0.0342 e. The van der Waals surface area contributed by atoms with Crippen LogP contribution in [0.3, 0.4) is 0 Å². The van der Waals surface area contributed by atoms with Gasteiger partial charge in [0.15, 0.2) is 0 Å². The van der Waals surface area contributed by atoms with Gasteiger partial charge in [0, 0.05) is 5.52 Å². The first kappa shape index (κ1) is 33.0. The molecule has 0 amide bonds. The van der Waals surface area contributed by atoms with E-state index in [1.807, 2.05) is 18.2 Å². The first-order chi connectivity index (χ1) is 22.4. The maximum absolute atomic E-state index is 6.40. The molecule has 2 aliphatic rings. The summed E-state index contributed by atoms with van der Waals surface area (Å²) < 4.78 is 15.8. The fourth-order valence-electron chi connectivity index (χ4n) is 5.58. The van der Waals surface area contributed by atoms with Crippen LogP contribution >= 0.6 is 0 Å². The molecule has 6 rings (SSSR count). The van der Waals surface area contributed by atoms with Crippen molar-refractivity contribution < 1.29 is 38.1 Å². The maximum Gasteiger partial charge on any atom is -0.0339 e. The zero-order chi connectivity index (χ0) is 33.2. The number of halogens is 1. The van der Waals surface area contributed by atoms with E-state index in [4.69, 9.17) is 19.4 Å². The maximum atomic E-state index is 6.40. The summed E-state index contributed by atoms with van der Waals surface area (Å²) in [6.45, 7) is 4.46. The number of aromatic nitrogens is 4. The zero-order valence-corrected chi connectivity index (χ0v) is 30.7. The molecule has 0 atom stereocenters. The minimum Gasteiger partial charge on any atom is -0.0342 e. The summed E-state index contributed by atoms with van der Waals surface area (Å²) in [6, 6.07) is 18.9. The van der Waals surface area contributed by atoms with Crippen molar-refractivity contribution in [2.45, 2.75) is 13.3 Å². The van der Waals surface area contributed by atoms with Gasteiger partial charge in [-0.1, -0.05) is 0 Å². The summed E-state index contributed by atoms with van der Waals surface area (Å²) in [6.07, 6.45) is 9.22. The normalized spacial score (nSPS) is 13.0. The van der Waals surface area contributed by atoms with Crippen molar-refractivity contribution in [3.63, 3.8) is 0 Å². The van der Waals surface area contributed by atoms with Gasteiger partial charge < -0.3 is 4.98 Å². The Labute approximate surface area is 288 Å². The molecule has 0 unspecified atom stereocenters. The molecule has 2 N–H and O–H groups in total. The molecule has 0 aliphatic carbocycles. The molecule has 9 heteroatoms. The van der Waals surface area contributed by atoms with Gasteiger partial charge in [-0.25, -0.2) is 4.98 Å². The predicted molar refractivity (Wildman–Crippen MR) is 190 cm³/mol. The number of alkyl halides is 1. The number of nitrogens with zero attached hydrogens (tertiary/aromatic N) is 4. The Morgan fingerprint density at radius 2 is 1.30 bits per heavy atom. The van der Waals surface area contributed by atoms with Gasteiger partial charge in [0.2, 0.25) is 0 Å². The molecule has 0 saturated heterocycles. The third-order valence-electron chi connectivity index (χ3n) is 7.86. The summed E-state index contributed by atoms with van der Waals surface area (Å²) >= 11 is -0.0311. The topological polar surface area (TPSA) is 75.8 Å². The quantitative estimate of drug-likeness (QED) is 0.0687. The third-order valence-corrected chi connectivity index (χ3v) is 10.8. The van der Waals surface area contributed by atoms with Crippen LogP contribution in [0.5, 0.6) is 11.5 Å². The SMILES string of the molecule is Cc1c2nc(cc3nc(c(-c4cc(OCCC[N+](C)(C)C)cc(OCC[I-][N+](C)(C)C)c4)c4ccc(cc5ccc1[nH]5)[nH]4)C=C3)C=C2. The van der Waals surface area contributed by atoms with Gasteiger partial charge in [0.05, 0.1) is 5.69 Å². The molecule has 8 bridgehead atoms. The van der Waals surface area contributed by atoms with E-state index in [2.05, 4.69) is 120 Å². The average Bonchev–Trinajstić information content (AvgIpc) is 3.82. The number of hydrogen-bond acceptors (Lipinski definition) is 4. The van der Waals surface area contributed by atoms with Crippen LogP contribution in [0.15, 0.2) is 54.6 Å². The van der Waals surface area contributed by atoms with Gasteiger partial charge in [0.25, 0.3) is 0 Å². The number of fused-ring (bicyclic) bond motifs is 8. The van der Waals surface area contributed by atoms with Gasteiger partial charge in [-0.05, 0) is 36.8 Å². The Bertz CT molecular complexity index is 1950. The molecule has 246 valence electrons. The van der Waals surface area contributed by atoms with Crippen LogP contribution in [0, 0.1) is 6.92 Å². The van der Waals surface area contributed by atoms with Crippen LogP contribution in [0.2, 0.25) is 0 Å². The number of aryl methyl sites for hydroxylation is 1. The van der Waals surface area contributed by atoms with Crippen LogP contribution in [-0.4, -0.2) is 93.6 Å². The molecule has 2 aliphatic heterocycles. The molecular weight excluding hydrogens is 699 g/mol. The molecule has 0 radical (unpaired) electrons. The van der Waals surface area contributed by atoms with E-state index in [1.54, 1.807) is 0 Å². The first-order valence-electron chi connectivity index (χ1n) is 16.1. The standard InChI is InChI=1S/C38H46IN6O2/c1-26-34-13-9-28(40-34)23-30-11-15-36(42-30)38(37-16-12-31(43-37)24-29-10-14-35(26)41-29)27-21-32(46-19-8-18-44(2,3)4)25-33(22-27)47-20-17-39-45(5,6)7/h9-16,21-25,40,42H,8,17-20H2,1-7H3/q+1. The summed E-state index contributed by atoms with van der Waals surface area (Å²) in [4.78, 5) is 17.2. The number of nitrogens with one attached hydrogen (secondary N) is 2. The number of H-pyrrole nitrogens is 2. The second-order valence-corrected chi connectivity index (χ2v) is 18.5. The molecular formula is C38H46IN6O2+. The molecule has 0 saturated carbocycles. The van der Waals surface area contributed by atoms with Crippen molar-refractivity contribution in [2.75, 3.05) is 66.5 Å². The minimum absolute atomic E-state index is 0.0311. The molecule has 5 heterocycles. The first-order valence-corrected chi connectivity index (χ1v) is 18.6. The fraction of sp³-hybridized carbons (Fsp3) is 0.316. The van der Waals surface area contributed by atoms with Crippen molar-refractivity contribution in [2.24, 2.45) is 0 Å². The molecule has 4 aromatic rings. The van der Waals surface area contributed by atoms with E-state index in [9.17, 15) is 0 Å². The van der Waals surface area contributed by atoms with E-state index in [-0.39, 0.29) is 21.5 Å². The Morgan fingerprint density at radius 3 is 1.98 bits per heavy atom. The van der Waals surface area contributed by atoms with Crippen LogP contribution < -0.4 is 31.0 Å². The van der Waals surface area contributed by atoms with Crippen LogP contribution in [0.4, 0.5) is 0 Å². The van der Waals surface area contributed by atoms with E-state index in [1.165, 1.54) is 0 Å². The minimum atomic E-state index is -0.0311. The van der Waals surface area contributed by atoms with Crippen LogP contribution in [0.1, 0.15) is 34.8 Å². The number of quaternary nitrogens is 2. The Balaban J connectivity index is 1.48. The van der Waals surface area contributed by atoms with Gasteiger partial charge >= 0.3 is 232 Å². The average molecular weight is 746 g/mol. The van der Waals surface area contributed by atoms with Gasteiger partial charge in [0.1, 0.15) is 0 Å². The second kappa shape index (κ2) is 13.7. The van der Waals surface area contributed by atoms with Gasteiger partial charge in [-0.2, -0.15) is 0 Å². The number of aromatic amines is 2. The van der Waals surface area contributed by atoms with Gasteiger partial charge in [-0.3, -0.25) is 0 Å². The number of ether oxygens (including phenoxy) is 2. The third kappa shape index (κ3) is 8.71. The number of rotatable bonds is 11. The van der Waals surface area contributed by atoms with E-state index in [0.717, 1.165) is 97.6 Å². The molecule has 0 spiro atoms. The zero-order valence-electron chi connectivity index (χ0n) is 28.5. The van der Waals surface area contributed by atoms with E-state index < -0.39 is 0 Å². The van der Waals surface area contributed by atoms with E-state index in [0.29, 0.717) is 13.2 Å². The van der Waals surface area contributed by atoms with Crippen LogP contribution in [-0.2, 0) is 0 Å². The van der Waals surface area contributed by atoms with Crippen molar-refractivity contribution in [1.82, 2.24) is 19.9 Å². The predicted octanol–water partition coefficient (Wildman–Crippen LogP) is 4.20. The smallest absolute Gasteiger partial charge is 0.0339 e. The monoisotopic (exact) mass is 745 g/mol. The Morgan fingerprint density at radius 1 is 0.681 bits per heavy atom. The van der Waals surface area contributed by atoms with Crippen molar-refractivity contribution in [1.29, 1.82) is 0 Å². The summed E-state index contributed by atoms with van der Waals surface area (Å²) in [5, 5.41) is 0. The summed E-state index contributed by atoms with van der Waals surface area (Å²) in [5.74, 6) is 1.61. The summed E-state index contributed by atoms with van der Waals surface area (Å²) in [7, 11) is 13.4. The second-order valence-electron chi connectivity index (χ2n) is 13.9. The Kier molecular flexibility index (Phi) is 9.59. The van der Waals surface area contributed by atoms with Crippen molar-refractivity contribution >= 4 is 46.4 Å². The van der Waals surface area contributed by atoms with Crippen LogP contribution in [0.25, 0.3) is 57.5 Å². The Hall–Kier alpha value is -3.93. The van der Waals surface area contributed by atoms with Gasteiger partial charge in [-0.15, -0.1) is 0 Å².